The summed E-state index contributed by atoms with van der Waals surface area (Å²) >= 11 is 12.4. The highest BCUT2D eigenvalue weighted by molar-refractivity contribution is 6.36. The van der Waals surface area contributed by atoms with Crippen LogP contribution in [0.3, 0.4) is 0 Å². The zero-order chi connectivity index (χ0) is 20.6. The van der Waals surface area contributed by atoms with Crippen LogP contribution in [0.15, 0.2) is 42.5 Å². The van der Waals surface area contributed by atoms with Crippen LogP contribution in [0.25, 0.3) is 0 Å². The highest BCUT2D eigenvalue weighted by Crippen LogP contribution is 2.48. The normalized spacial score (nSPS) is 16.7. The summed E-state index contributed by atoms with van der Waals surface area (Å²) in [7, 11) is 1.56. The van der Waals surface area contributed by atoms with E-state index in [-0.39, 0.29) is 5.92 Å². The lowest BCUT2D eigenvalue weighted by Gasteiger charge is -2.34. The molecule has 2 fully saturated rings. The molecule has 152 valence electrons. The summed E-state index contributed by atoms with van der Waals surface area (Å²) in [6, 6.07) is 12.3. The number of para-hydroxylation sites is 2. The molecule has 2 aromatic carbocycles. The number of methoxy groups -OCH3 is 1. The number of carbonyl (C=O) groups excluding carboxylic acids is 2. The summed E-state index contributed by atoms with van der Waals surface area (Å²) in [6.07, 6.45) is 2.60. The molecule has 0 bridgehead atoms. The van der Waals surface area contributed by atoms with Gasteiger partial charge in [0.25, 0.3) is 0 Å². The molecule has 0 aromatic heterocycles. The highest BCUT2D eigenvalue weighted by atomic mass is 35.5. The number of hydrogen-bond acceptors (Lipinski definition) is 6. The number of nitrogens with one attached hydrogen (secondary N) is 1. The molecule has 0 heterocycles. The maximum absolute atomic E-state index is 13.0. The highest BCUT2D eigenvalue weighted by Gasteiger charge is 2.59. The van der Waals surface area contributed by atoms with Gasteiger partial charge in [0.05, 0.1) is 23.7 Å². The number of rotatable bonds is 7. The molecule has 4 rings (SSSR count). The van der Waals surface area contributed by atoms with Crippen molar-refractivity contribution < 1.29 is 19.1 Å². The molecule has 2 aliphatic rings. The van der Waals surface area contributed by atoms with Crippen molar-refractivity contribution in [3.8, 4) is 5.75 Å². The van der Waals surface area contributed by atoms with E-state index >= 15 is 0 Å². The average molecular weight is 435 g/mol. The third-order valence-electron chi connectivity index (χ3n) is 5.13. The van der Waals surface area contributed by atoms with Crippen LogP contribution in [0.1, 0.15) is 25.7 Å². The average Bonchev–Trinajstić information content (AvgIpc) is 3.61. The van der Waals surface area contributed by atoms with E-state index in [1.54, 1.807) is 36.4 Å². The first-order valence-electron chi connectivity index (χ1n) is 9.36. The predicted molar refractivity (Wildman–Crippen MR) is 111 cm³/mol. The van der Waals surface area contributed by atoms with E-state index < -0.39 is 17.5 Å². The maximum Gasteiger partial charge on any atom is 0.341 e. The predicted octanol–water partition coefficient (Wildman–Crippen LogP) is 4.85. The van der Waals surface area contributed by atoms with Crippen LogP contribution in [-0.2, 0) is 14.3 Å². The summed E-state index contributed by atoms with van der Waals surface area (Å²) in [6.45, 7) is 0. The Balaban J connectivity index is 1.69. The SMILES string of the molecule is COc1ccccc1N(Nc1ccc(Cl)cc1Cl)C1(C(=O)OC(=O)C2CC2)CC1. The molecule has 0 amide bonds. The second-order valence-corrected chi connectivity index (χ2v) is 8.10. The molecule has 8 heteroatoms. The smallest absolute Gasteiger partial charge is 0.341 e. The van der Waals surface area contributed by atoms with Gasteiger partial charge >= 0.3 is 11.9 Å². The molecule has 2 aromatic rings. The molecule has 0 radical (unpaired) electrons. The third kappa shape index (κ3) is 4.00. The number of ether oxygens (including phenoxy) is 2. The topological polar surface area (TPSA) is 67.9 Å². The molecule has 2 aliphatic carbocycles. The molecular formula is C21H20Cl2N2O4. The number of anilines is 2. The summed E-state index contributed by atoms with van der Waals surface area (Å²) in [5.41, 5.74) is 3.39. The van der Waals surface area contributed by atoms with Crippen LogP contribution in [0, 0.1) is 5.92 Å². The number of hydrogen-bond donors (Lipinski definition) is 1. The Labute approximate surface area is 178 Å². The third-order valence-corrected chi connectivity index (χ3v) is 5.67. The van der Waals surface area contributed by atoms with Crippen molar-refractivity contribution in [1.29, 1.82) is 0 Å². The fraction of sp³-hybridized carbons (Fsp3) is 0.333. The van der Waals surface area contributed by atoms with Crippen molar-refractivity contribution in [2.45, 2.75) is 31.2 Å². The van der Waals surface area contributed by atoms with E-state index in [0.29, 0.717) is 40.0 Å². The Morgan fingerprint density at radius 3 is 2.48 bits per heavy atom. The molecule has 0 spiro atoms. The Hall–Kier alpha value is -2.44. The first kappa shape index (κ1) is 19.9. The van der Waals surface area contributed by atoms with Crippen molar-refractivity contribution in [2.24, 2.45) is 5.92 Å². The largest absolute Gasteiger partial charge is 0.495 e. The van der Waals surface area contributed by atoms with Crippen LogP contribution in [0.2, 0.25) is 10.0 Å². The van der Waals surface area contributed by atoms with E-state index in [2.05, 4.69) is 5.43 Å². The van der Waals surface area contributed by atoms with Gasteiger partial charge in [-0.2, -0.15) is 0 Å². The van der Waals surface area contributed by atoms with Gasteiger partial charge in [-0.05, 0) is 56.0 Å². The second kappa shape index (κ2) is 7.76. The molecule has 0 saturated heterocycles. The van der Waals surface area contributed by atoms with Gasteiger partial charge in [0.1, 0.15) is 11.4 Å². The zero-order valence-corrected chi connectivity index (χ0v) is 17.3. The summed E-state index contributed by atoms with van der Waals surface area (Å²) < 4.78 is 10.7. The Morgan fingerprint density at radius 1 is 1.14 bits per heavy atom. The molecule has 0 aliphatic heterocycles. The molecule has 1 N–H and O–H groups in total. The Morgan fingerprint density at radius 2 is 1.86 bits per heavy atom. The standard InChI is InChI=1S/C21H20Cl2N2O4/c1-28-18-5-3-2-4-17(18)25(24-16-9-8-14(22)12-15(16)23)21(10-11-21)20(27)29-19(26)13-6-7-13/h2-5,8-9,12-13,24H,6-7,10-11H2,1H3. The zero-order valence-electron chi connectivity index (χ0n) is 15.8. The van der Waals surface area contributed by atoms with E-state index in [0.717, 1.165) is 12.8 Å². The minimum atomic E-state index is -1.03. The van der Waals surface area contributed by atoms with E-state index in [9.17, 15) is 9.59 Å². The lowest BCUT2D eigenvalue weighted by molar-refractivity contribution is -0.162. The molecule has 2 saturated carbocycles. The van der Waals surface area contributed by atoms with Crippen molar-refractivity contribution >= 4 is 46.5 Å². The van der Waals surface area contributed by atoms with E-state index in [4.69, 9.17) is 32.7 Å². The van der Waals surface area contributed by atoms with Gasteiger partial charge in [-0.3, -0.25) is 15.2 Å². The summed E-state index contributed by atoms with van der Waals surface area (Å²) in [5, 5.41) is 2.58. The van der Waals surface area contributed by atoms with Crippen molar-refractivity contribution in [2.75, 3.05) is 17.5 Å². The van der Waals surface area contributed by atoms with E-state index in [1.165, 1.54) is 0 Å². The number of benzene rings is 2. The van der Waals surface area contributed by atoms with Gasteiger partial charge in [-0.15, -0.1) is 0 Å². The van der Waals surface area contributed by atoms with Crippen LogP contribution < -0.4 is 15.2 Å². The monoisotopic (exact) mass is 434 g/mol. The summed E-state index contributed by atoms with van der Waals surface area (Å²) in [4.78, 5) is 25.1. The summed E-state index contributed by atoms with van der Waals surface area (Å²) in [5.74, 6) is -0.616. The second-order valence-electron chi connectivity index (χ2n) is 7.26. The van der Waals surface area contributed by atoms with Gasteiger partial charge in [-0.25, -0.2) is 4.79 Å². The number of esters is 2. The number of halogens is 2. The Bertz CT molecular complexity index is 957. The van der Waals surface area contributed by atoms with Crippen LogP contribution >= 0.6 is 23.2 Å². The number of carbonyl (C=O) groups is 2. The molecule has 0 unspecified atom stereocenters. The van der Waals surface area contributed by atoms with Gasteiger partial charge in [0, 0.05) is 5.02 Å². The fourth-order valence-electron chi connectivity index (χ4n) is 3.14. The maximum atomic E-state index is 13.0. The van der Waals surface area contributed by atoms with Crippen molar-refractivity contribution in [1.82, 2.24) is 0 Å². The molecular weight excluding hydrogens is 415 g/mol. The fourth-order valence-corrected chi connectivity index (χ4v) is 3.59. The minimum absolute atomic E-state index is 0.159. The molecule has 0 atom stereocenters. The van der Waals surface area contributed by atoms with Crippen LogP contribution in [0.5, 0.6) is 5.75 Å². The van der Waals surface area contributed by atoms with Gasteiger partial charge in [-0.1, -0.05) is 35.3 Å². The van der Waals surface area contributed by atoms with Crippen molar-refractivity contribution in [3.05, 3.63) is 52.5 Å². The van der Waals surface area contributed by atoms with Gasteiger partial charge in [0.2, 0.25) is 0 Å². The molecule has 6 nitrogen and oxygen atoms in total. The quantitative estimate of drug-likeness (QED) is 0.381. The van der Waals surface area contributed by atoms with Crippen molar-refractivity contribution in [3.63, 3.8) is 0 Å². The van der Waals surface area contributed by atoms with E-state index in [1.807, 2.05) is 18.2 Å². The minimum Gasteiger partial charge on any atom is -0.495 e. The first-order chi connectivity index (χ1) is 13.9. The number of hydrazine groups is 1. The lowest BCUT2D eigenvalue weighted by Crippen LogP contribution is -2.49. The van der Waals surface area contributed by atoms with Crippen LogP contribution in [0.4, 0.5) is 11.4 Å². The van der Waals surface area contributed by atoms with Gasteiger partial charge < -0.3 is 9.47 Å². The van der Waals surface area contributed by atoms with Gasteiger partial charge in [0.15, 0.2) is 5.54 Å². The molecule has 29 heavy (non-hydrogen) atoms. The first-order valence-corrected chi connectivity index (χ1v) is 10.1. The Kier molecular flexibility index (Phi) is 5.32. The lowest BCUT2D eigenvalue weighted by atomic mass is 10.2. The number of nitrogens with zero attached hydrogens (tertiary/aromatic N) is 1. The van der Waals surface area contributed by atoms with Crippen LogP contribution in [-0.4, -0.2) is 24.6 Å².